The van der Waals surface area contributed by atoms with Gasteiger partial charge < -0.3 is 10.2 Å². The number of nitrogens with zero attached hydrogens (tertiary/aromatic N) is 4. The lowest BCUT2D eigenvalue weighted by Gasteiger charge is -2.37. The molecule has 0 spiro atoms. The van der Waals surface area contributed by atoms with Crippen LogP contribution in [-0.2, 0) is 10.0 Å². The van der Waals surface area contributed by atoms with Crippen LogP contribution in [0.25, 0.3) is 33.1 Å². The summed E-state index contributed by atoms with van der Waals surface area (Å²) in [5.41, 5.74) is 3.86. The average molecular weight is 518 g/mol. The van der Waals surface area contributed by atoms with Gasteiger partial charge in [-0.1, -0.05) is 35.9 Å². The number of rotatable bonds is 4. The normalized spacial score (nSPS) is 16.6. The van der Waals surface area contributed by atoms with Crippen LogP contribution in [-0.4, -0.2) is 48.0 Å². The van der Waals surface area contributed by atoms with Gasteiger partial charge >= 0.3 is 0 Å². The Labute approximate surface area is 214 Å². The van der Waals surface area contributed by atoms with Crippen molar-refractivity contribution < 1.29 is 8.42 Å². The van der Waals surface area contributed by atoms with Gasteiger partial charge in [0.2, 0.25) is 0 Å². The van der Waals surface area contributed by atoms with Gasteiger partial charge in [0.05, 0.1) is 15.4 Å². The van der Waals surface area contributed by atoms with Gasteiger partial charge in [-0.15, -0.1) is 0 Å². The summed E-state index contributed by atoms with van der Waals surface area (Å²) in [5, 5.41) is 5.22. The minimum absolute atomic E-state index is 0.192. The van der Waals surface area contributed by atoms with Gasteiger partial charge in [-0.05, 0) is 48.9 Å². The molecule has 36 heavy (non-hydrogen) atoms. The Morgan fingerprint density at radius 2 is 1.89 bits per heavy atom. The molecule has 0 aliphatic carbocycles. The Balaban J connectivity index is 1.60. The fourth-order valence-corrected chi connectivity index (χ4v) is 6.76. The van der Waals surface area contributed by atoms with E-state index >= 15 is 0 Å². The fraction of sp³-hybridized carbons (Fsp3) is 0.185. The minimum atomic E-state index is -3.91. The maximum atomic E-state index is 13.7. The van der Waals surface area contributed by atoms with Crippen LogP contribution in [0.3, 0.4) is 0 Å². The Morgan fingerprint density at radius 3 is 2.69 bits per heavy atom. The topological polar surface area (TPSA) is 80.1 Å². The monoisotopic (exact) mass is 517 g/mol. The highest BCUT2D eigenvalue weighted by atomic mass is 35.5. The molecule has 9 heteroatoms. The smallest absolute Gasteiger partial charge is 0.269 e. The van der Waals surface area contributed by atoms with Crippen LogP contribution in [0.15, 0.2) is 84.1 Å². The molecule has 0 bridgehead atoms. The molecule has 1 unspecified atom stereocenters. The zero-order valence-electron chi connectivity index (χ0n) is 19.6. The Morgan fingerprint density at radius 1 is 1.06 bits per heavy atom. The summed E-state index contributed by atoms with van der Waals surface area (Å²) in [6.45, 7) is 4.92. The number of anilines is 1. The highest BCUT2D eigenvalue weighted by Gasteiger charge is 2.26. The number of nitrogens with one attached hydrogen (secondary N) is 1. The van der Waals surface area contributed by atoms with Gasteiger partial charge in [-0.25, -0.2) is 17.4 Å². The van der Waals surface area contributed by atoms with Crippen molar-refractivity contribution in [2.75, 3.05) is 24.5 Å². The first-order valence-corrected chi connectivity index (χ1v) is 13.6. The SMILES string of the molecule is CC1CNCCN1c1ccncc1-c1ccc2c(c1)c1c(Cl)ccnc1n2S(=O)(=O)c1ccccc1. The van der Waals surface area contributed by atoms with Crippen molar-refractivity contribution in [1.82, 2.24) is 19.3 Å². The van der Waals surface area contributed by atoms with Gasteiger partial charge in [0, 0.05) is 66.3 Å². The van der Waals surface area contributed by atoms with Crippen molar-refractivity contribution in [3.05, 3.63) is 84.3 Å². The van der Waals surface area contributed by atoms with E-state index in [-0.39, 0.29) is 4.90 Å². The van der Waals surface area contributed by atoms with Crippen LogP contribution in [0.1, 0.15) is 6.92 Å². The lowest BCUT2D eigenvalue weighted by molar-refractivity contribution is 0.501. The quantitative estimate of drug-likeness (QED) is 0.364. The number of benzene rings is 2. The summed E-state index contributed by atoms with van der Waals surface area (Å²) >= 11 is 6.64. The lowest BCUT2D eigenvalue weighted by Crippen LogP contribution is -2.50. The van der Waals surface area contributed by atoms with E-state index in [9.17, 15) is 8.42 Å². The van der Waals surface area contributed by atoms with Crippen LogP contribution in [0.2, 0.25) is 5.02 Å². The first-order valence-electron chi connectivity index (χ1n) is 11.8. The van der Waals surface area contributed by atoms with Crippen molar-refractivity contribution in [3.8, 4) is 11.1 Å². The van der Waals surface area contributed by atoms with E-state index in [0.29, 0.717) is 27.6 Å². The molecular formula is C27H24ClN5O2S. The van der Waals surface area contributed by atoms with E-state index in [1.54, 1.807) is 36.4 Å². The van der Waals surface area contributed by atoms with E-state index in [4.69, 9.17) is 11.6 Å². The first kappa shape index (κ1) is 23.0. The molecule has 0 radical (unpaired) electrons. The molecule has 1 N–H and O–H groups in total. The van der Waals surface area contributed by atoms with Gasteiger partial charge in [0.15, 0.2) is 5.65 Å². The van der Waals surface area contributed by atoms with Crippen LogP contribution in [0.5, 0.6) is 0 Å². The number of hydrogen-bond donors (Lipinski definition) is 1. The third-order valence-electron chi connectivity index (χ3n) is 6.76. The molecule has 6 rings (SSSR count). The van der Waals surface area contributed by atoms with Crippen molar-refractivity contribution in [2.24, 2.45) is 0 Å². The maximum Gasteiger partial charge on any atom is 0.269 e. The summed E-state index contributed by atoms with van der Waals surface area (Å²) in [5.74, 6) is 0. The molecular weight excluding hydrogens is 494 g/mol. The zero-order chi connectivity index (χ0) is 24.9. The number of halogens is 1. The third-order valence-corrected chi connectivity index (χ3v) is 8.79. The molecule has 1 atom stereocenters. The van der Waals surface area contributed by atoms with E-state index in [1.165, 1.54) is 10.2 Å². The van der Waals surface area contributed by atoms with E-state index in [1.807, 2.05) is 36.7 Å². The summed E-state index contributed by atoms with van der Waals surface area (Å²) in [7, 11) is -3.91. The highest BCUT2D eigenvalue weighted by molar-refractivity contribution is 7.90. The first-order chi connectivity index (χ1) is 17.5. The molecule has 1 fully saturated rings. The summed E-state index contributed by atoms with van der Waals surface area (Å²) in [6.07, 6.45) is 5.21. The standard InChI is InChI=1S/C27H24ClN5O2S/c1-18-16-30-13-14-32(18)24-10-11-29-17-22(24)19-7-8-25-21(15-19)26-23(28)9-12-31-27(26)33(25)36(34,35)20-5-3-2-4-6-20/h2-12,15,17-18,30H,13-14,16H2,1H3. The molecule has 0 saturated carbocycles. The molecule has 3 aromatic heterocycles. The minimum Gasteiger partial charge on any atom is -0.366 e. The predicted molar refractivity (Wildman–Crippen MR) is 144 cm³/mol. The van der Waals surface area contributed by atoms with Crippen molar-refractivity contribution >= 4 is 49.2 Å². The molecule has 4 heterocycles. The second-order valence-electron chi connectivity index (χ2n) is 8.95. The molecule has 5 aromatic rings. The second-order valence-corrected chi connectivity index (χ2v) is 11.1. The summed E-state index contributed by atoms with van der Waals surface area (Å²) in [6, 6.07) is 18.2. The van der Waals surface area contributed by atoms with Gasteiger partial charge in [0.1, 0.15) is 0 Å². The summed E-state index contributed by atoms with van der Waals surface area (Å²) in [4.78, 5) is 11.4. The molecule has 182 valence electrons. The van der Waals surface area contributed by atoms with Crippen LogP contribution in [0, 0.1) is 0 Å². The van der Waals surface area contributed by atoms with Crippen molar-refractivity contribution in [3.63, 3.8) is 0 Å². The number of hydrogen-bond acceptors (Lipinski definition) is 6. The van der Waals surface area contributed by atoms with Gasteiger partial charge in [-0.2, -0.15) is 0 Å². The van der Waals surface area contributed by atoms with E-state index < -0.39 is 10.0 Å². The molecule has 2 aromatic carbocycles. The zero-order valence-corrected chi connectivity index (χ0v) is 21.2. The van der Waals surface area contributed by atoms with E-state index in [0.717, 1.165) is 41.8 Å². The Kier molecular flexibility index (Phi) is 5.67. The Bertz CT molecular complexity index is 1700. The van der Waals surface area contributed by atoms with Crippen molar-refractivity contribution in [2.45, 2.75) is 17.9 Å². The molecule has 1 aliphatic heterocycles. The van der Waals surface area contributed by atoms with Crippen molar-refractivity contribution in [1.29, 1.82) is 0 Å². The highest BCUT2D eigenvalue weighted by Crippen LogP contribution is 2.39. The third kappa shape index (κ3) is 3.64. The molecule has 1 aliphatic rings. The van der Waals surface area contributed by atoms with Crippen LogP contribution >= 0.6 is 11.6 Å². The number of aromatic nitrogens is 3. The number of fused-ring (bicyclic) bond motifs is 3. The molecule has 7 nitrogen and oxygen atoms in total. The average Bonchev–Trinajstić information content (AvgIpc) is 3.25. The number of pyridine rings is 2. The lowest BCUT2D eigenvalue weighted by atomic mass is 10.0. The predicted octanol–water partition coefficient (Wildman–Crippen LogP) is 4.94. The fourth-order valence-electron chi connectivity index (χ4n) is 5.03. The maximum absolute atomic E-state index is 13.7. The second kappa shape index (κ2) is 8.89. The van der Waals surface area contributed by atoms with Gasteiger partial charge in [-0.3, -0.25) is 4.98 Å². The van der Waals surface area contributed by atoms with E-state index in [2.05, 4.69) is 27.1 Å². The van der Waals surface area contributed by atoms with Gasteiger partial charge in [0.25, 0.3) is 10.0 Å². The number of piperazine rings is 1. The van der Waals surface area contributed by atoms with Crippen LogP contribution in [0.4, 0.5) is 5.69 Å². The molecule has 1 saturated heterocycles. The molecule has 0 amide bonds. The summed E-state index contributed by atoms with van der Waals surface area (Å²) < 4.78 is 28.8. The Hall–Kier alpha value is -3.46. The largest absolute Gasteiger partial charge is 0.366 e. The van der Waals surface area contributed by atoms with Crippen LogP contribution < -0.4 is 10.2 Å².